The molecule has 110 valence electrons. The zero-order valence-electron chi connectivity index (χ0n) is 12.9. The van der Waals surface area contributed by atoms with Gasteiger partial charge in [-0.2, -0.15) is 0 Å². The van der Waals surface area contributed by atoms with Crippen LogP contribution in [0.1, 0.15) is 21.5 Å². The second kappa shape index (κ2) is 6.37. The summed E-state index contributed by atoms with van der Waals surface area (Å²) < 4.78 is 5.30. The number of likely N-dealkylation sites (N-methyl/N-ethyl adjacent to an activating group) is 1. The second-order valence-electron chi connectivity index (χ2n) is 5.57. The van der Waals surface area contributed by atoms with Crippen molar-refractivity contribution in [2.24, 2.45) is 0 Å². The zero-order chi connectivity index (χ0) is 14.7. The van der Waals surface area contributed by atoms with Crippen LogP contribution >= 0.6 is 0 Å². The molecular weight excluding hydrogens is 252 g/mol. The fourth-order valence-electron chi connectivity index (χ4n) is 2.61. The van der Waals surface area contributed by atoms with Crippen LogP contribution in [0.2, 0.25) is 0 Å². The Hall–Kier alpha value is -1.39. The molecule has 0 unspecified atom stereocenters. The molecule has 1 saturated heterocycles. The molecule has 0 radical (unpaired) electrons. The van der Waals surface area contributed by atoms with Crippen molar-refractivity contribution in [3.05, 3.63) is 28.8 Å². The lowest BCUT2D eigenvalue weighted by molar-refractivity contribution is 0.0875. The molecule has 1 fully saturated rings. The van der Waals surface area contributed by atoms with E-state index < -0.39 is 0 Å². The SMILES string of the molecule is COc1ccc(C(=O)CN2CCN(C)CC2)c(C)c1C. The number of nitrogens with zero attached hydrogens (tertiary/aromatic N) is 2. The molecule has 4 heteroatoms. The smallest absolute Gasteiger partial charge is 0.177 e. The van der Waals surface area contributed by atoms with Gasteiger partial charge in [0.2, 0.25) is 0 Å². The standard InChI is InChI=1S/C16H24N2O2/c1-12-13(2)16(20-4)6-5-14(12)15(19)11-18-9-7-17(3)8-10-18/h5-6H,7-11H2,1-4H3. The number of methoxy groups -OCH3 is 1. The normalized spacial score (nSPS) is 17.2. The van der Waals surface area contributed by atoms with E-state index >= 15 is 0 Å². The van der Waals surface area contributed by atoms with Gasteiger partial charge in [0.25, 0.3) is 0 Å². The highest BCUT2D eigenvalue weighted by molar-refractivity contribution is 5.99. The Bertz CT molecular complexity index is 491. The number of rotatable bonds is 4. The van der Waals surface area contributed by atoms with Gasteiger partial charge in [-0.05, 0) is 44.2 Å². The van der Waals surface area contributed by atoms with Crippen LogP contribution in [0.4, 0.5) is 0 Å². The van der Waals surface area contributed by atoms with E-state index in [1.54, 1.807) is 7.11 Å². The van der Waals surface area contributed by atoms with E-state index in [0.717, 1.165) is 48.6 Å². The Morgan fingerprint density at radius 2 is 1.80 bits per heavy atom. The molecule has 0 amide bonds. The van der Waals surface area contributed by atoms with Gasteiger partial charge in [-0.3, -0.25) is 9.69 Å². The first kappa shape index (κ1) is 15.0. The van der Waals surface area contributed by atoms with Gasteiger partial charge in [0, 0.05) is 31.7 Å². The van der Waals surface area contributed by atoms with Gasteiger partial charge < -0.3 is 9.64 Å². The van der Waals surface area contributed by atoms with Crippen molar-refractivity contribution in [1.82, 2.24) is 9.80 Å². The van der Waals surface area contributed by atoms with Gasteiger partial charge in [0.05, 0.1) is 13.7 Å². The molecule has 4 nitrogen and oxygen atoms in total. The molecule has 20 heavy (non-hydrogen) atoms. The predicted molar refractivity (Wildman–Crippen MR) is 80.7 cm³/mol. The molecule has 1 aliphatic heterocycles. The first-order chi connectivity index (χ1) is 9.52. The molecule has 0 N–H and O–H groups in total. The topological polar surface area (TPSA) is 32.8 Å². The summed E-state index contributed by atoms with van der Waals surface area (Å²) in [6, 6.07) is 3.78. The quantitative estimate of drug-likeness (QED) is 0.784. The molecule has 0 bridgehead atoms. The van der Waals surface area contributed by atoms with Crippen LogP contribution in [0.25, 0.3) is 0 Å². The number of carbonyl (C=O) groups is 1. The molecule has 1 heterocycles. The third-order valence-electron chi connectivity index (χ3n) is 4.22. The van der Waals surface area contributed by atoms with Crippen LogP contribution in [-0.2, 0) is 0 Å². The highest BCUT2D eigenvalue weighted by Gasteiger charge is 2.19. The van der Waals surface area contributed by atoms with Crippen molar-refractivity contribution in [3.8, 4) is 5.75 Å². The number of carbonyl (C=O) groups excluding carboxylic acids is 1. The maximum atomic E-state index is 12.5. The average Bonchev–Trinajstić information content (AvgIpc) is 2.44. The van der Waals surface area contributed by atoms with Gasteiger partial charge in [0.15, 0.2) is 5.78 Å². The van der Waals surface area contributed by atoms with E-state index in [2.05, 4.69) is 16.8 Å². The molecule has 0 saturated carbocycles. The van der Waals surface area contributed by atoms with Crippen LogP contribution in [0.15, 0.2) is 12.1 Å². The van der Waals surface area contributed by atoms with Crippen molar-refractivity contribution < 1.29 is 9.53 Å². The minimum Gasteiger partial charge on any atom is -0.496 e. The van der Waals surface area contributed by atoms with E-state index in [1.807, 2.05) is 26.0 Å². The highest BCUT2D eigenvalue weighted by atomic mass is 16.5. The molecule has 0 aromatic heterocycles. The fourth-order valence-corrected chi connectivity index (χ4v) is 2.61. The summed E-state index contributed by atoms with van der Waals surface area (Å²) in [6.45, 7) is 8.52. The van der Waals surface area contributed by atoms with Crippen molar-refractivity contribution in [3.63, 3.8) is 0 Å². The van der Waals surface area contributed by atoms with E-state index in [9.17, 15) is 4.79 Å². The lowest BCUT2D eigenvalue weighted by Crippen LogP contribution is -2.46. The molecule has 1 aliphatic rings. The first-order valence-electron chi connectivity index (χ1n) is 7.11. The van der Waals surface area contributed by atoms with Crippen molar-refractivity contribution >= 4 is 5.78 Å². The lowest BCUT2D eigenvalue weighted by Gasteiger charge is -2.31. The van der Waals surface area contributed by atoms with Gasteiger partial charge in [-0.25, -0.2) is 0 Å². The largest absolute Gasteiger partial charge is 0.496 e. The number of ether oxygens (including phenoxy) is 1. The molecule has 2 rings (SSSR count). The van der Waals surface area contributed by atoms with Gasteiger partial charge in [0.1, 0.15) is 5.75 Å². The average molecular weight is 276 g/mol. The summed E-state index contributed by atoms with van der Waals surface area (Å²) in [6.07, 6.45) is 0. The number of benzene rings is 1. The second-order valence-corrected chi connectivity index (χ2v) is 5.57. The van der Waals surface area contributed by atoms with Crippen LogP contribution in [0, 0.1) is 13.8 Å². The predicted octanol–water partition coefficient (Wildman–Crippen LogP) is 1.74. The summed E-state index contributed by atoms with van der Waals surface area (Å²) >= 11 is 0. The number of Topliss-reactive ketones (excluding diaryl/α,β-unsaturated/α-hetero) is 1. The van der Waals surface area contributed by atoms with Crippen molar-refractivity contribution in [2.75, 3.05) is 46.9 Å². The van der Waals surface area contributed by atoms with Crippen LogP contribution < -0.4 is 4.74 Å². The zero-order valence-corrected chi connectivity index (χ0v) is 12.9. The molecule has 1 aromatic carbocycles. The maximum absolute atomic E-state index is 12.5. The number of piperazine rings is 1. The lowest BCUT2D eigenvalue weighted by atomic mass is 9.99. The Balaban J connectivity index is 2.08. The molecule has 1 aromatic rings. The molecular formula is C16H24N2O2. The third kappa shape index (κ3) is 3.19. The van der Waals surface area contributed by atoms with E-state index in [0.29, 0.717) is 6.54 Å². The van der Waals surface area contributed by atoms with E-state index in [1.165, 1.54) is 0 Å². The highest BCUT2D eigenvalue weighted by Crippen LogP contribution is 2.24. The van der Waals surface area contributed by atoms with Crippen molar-refractivity contribution in [1.29, 1.82) is 0 Å². The van der Waals surface area contributed by atoms with Crippen LogP contribution in [0.5, 0.6) is 5.75 Å². The number of hydrogen-bond acceptors (Lipinski definition) is 4. The maximum Gasteiger partial charge on any atom is 0.177 e. The summed E-state index contributed by atoms with van der Waals surface area (Å²) in [7, 11) is 3.78. The summed E-state index contributed by atoms with van der Waals surface area (Å²) in [5.74, 6) is 1.05. The minimum absolute atomic E-state index is 0.206. The Labute approximate surface area is 121 Å². The van der Waals surface area contributed by atoms with Crippen LogP contribution in [0.3, 0.4) is 0 Å². The monoisotopic (exact) mass is 276 g/mol. The molecule has 0 aliphatic carbocycles. The summed E-state index contributed by atoms with van der Waals surface area (Å²) in [4.78, 5) is 17.0. The molecule has 0 spiro atoms. The molecule has 0 atom stereocenters. The number of hydrogen-bond donors (Lipinski definition) is 0. The minimum atomic E-state index is 0.206. The number of ketones is 1. The van der Waals surface area contributed by atoms with Gasteiger partial charge in [-0.15, -0.1) is 0 Å². The summed E-state index contributed by atoms with van der Waals surface area (Å²) in [5, 5.41) is 0. The Kier molecular flexibility index (Phi) is 4.78. The summed E-state index contributed by atoms with van der Waals surface area (Å²) in [5.41, 5.74) is 2.91. The van der Waals surface area contributed by atoms with Crippen molar-refractivity contribution in [2.45, 2.75) is 13.8 Å². The fraction of sp³-hybridized carbons (Fsp3) is 0.562. The Morgan fingerprint density at radius 3 is 2.40 bits per heavy atom. The van der Waals surface area contributed by atoms with Gasteiger partial charge >= 0.3 is 0 Å². The van der Waals surface area contributed by atoms with E-state index in [4.69, 9.17) is 4.74 Å². The van der Waals surface area contributed by atoms with Crippen LogP contribution in [-0.4, -0.2) is 62.5 Å². The van der Waals surface area contributed by atoms with E-state index in [-0.39, 0.29) is 5.78 Å². The Morgan fingerprint density at radius 1 is 1.15 bits per heavy atom. The third-order valence-corrected chi connectivity index (χ3v) is 4.22. The first-order valence-corrected chi connectivity index (χ1v) is 7.11. The van der Waals surface area contributed by atoms with Gasteiger partial charge in [-0.1, -0.05) is 0 Å².